The lowest BCUT2D eigenvalue weighted by Gasteiger charge is -2.32. The smallest absolute Gasteiger partial charge is 0.297 e. The number of aromatic amines is 1. The summed E-state index contributed by atoms with van der Waals surface area (Å²) in [5.74, 6) is -0.489. The molecule has 1 amide bonds. The zero-order valence-electron chi connectivity index (χ0n) is 18.4. The molecule has 1 aromatic heterocycles. The first-order valence-electron chi connectivity index (χ1n) is 10.6. The average Bonchev–Trinajstić information content (AvgIpc) is 3.22. The lowest BCUT2D eigenvalue weighted by atomic mass is 9.97. The van der Waals surface area contributed by atoms with Gasteiger partial charge in [-0.1, -0.05) is 6.07 Å². The van der Waals surface area contributed by atoms with Gasteiger partial charge >= 0.3 is 0 Å². The van der Waals surface area contributed by atoms with Gasteiger partial charge < -0.3 is 15.0 Å². The molecular weight excluding hydrogens is 480 g/mol. The summed E-state index contributed by atoms with van der Waals surface area (Å²) in [4.78, 5) is 31.8. The molecule has 0 radical (unpaired) electrons. The summed E-state index contributed by atoms with van der Waals surface area (Å²) in [6, 6.07) is 10.8. The number of non-ortho nitro benzene ring substituents is 1. The zero-order chi connectivity index (χ0) is 24.3. The summed E-state index contributed by atoms with van der Waals surface area (Å²) in [6.07, 6.45) is 2.30. The fourth-order valence-electron chi connectivity index (χ4n) is 4.01. The number of aromatic nitrogens is 2. The van der Waals surface area contributed by atoms with Crippen LogP contribution in [0.5, 0.6) is 0 Å². The van der Waals surface area contributed by atoms with Crippen LogP contribution in [0.25, 0.3) is 11.0 Å². The number of hydrogen-bond acceptors (Lipinski definition) is 8. The zero-order valence-corrected chi connectivity index (χ0v) is 20.0. The number of benzene rings is 2. The van der Waals surface area contributed by atoms with Crippen molar-refractivity contribution in [2.75, 3.05) is 25.2 Å². The normalized spacial score (nSPS) is 18.6. The maximum Gasteiger partial charge on any atom is 0.297 e. The summed E-state index contributed by atoms with van der Waals surface area (Å²) in [6.45, 7) is 0.633. The van der Waals surface area contributed by atoms with E-state index in [9.17, 15) is 23.3 Å². The molecule has 0 aliphatic carbocycles. The Kier molecular flexibility index (Phi) is 7.19. The summed E-state index contributed by atoms with van der Waals surface area (Å²) in [5.41, 5.74) is 0.513. The average molecular weight is 505 g/mol. The highest BCUT2D eigenvalue weighted by atomic mass is 32.2. The van der Waals surface area contributed by atoms with Crippen molar-refractivity contribution in [1.29, 1.82) is 0 Å². The van der Waals surface area contributed by atoms with E-state index in [1.54, 1.807) is 36.4 Å². The van der Waals surface area contributed by atoms with Crippen LogP contribution in [-0.4, -0.2) is 60.5 Å². The van der Waals surface area contributed by atoms with E-state index in [0.29, 0.717) is 18.5 Å². The van der Waals surface area contributed by atoms with Gasteiger partial charge in [0.1, 0.15) is 5.82 Å². The molecule has 2 heterocycles. The van der Waals surface area contributed by atoms with Gasteiger partial charge in [0.2, 0.25) is 5.91 Å². The fourth-order valence-corrected chi connectivity index (χ4v) is 6.13. The van der Waals surface area contributed by atoms with Gasteiger partial charge in [0, 0.05) is 17.6 Å². The van der Waals surface area contributed by atoms with Crippen molar-refractivity contribution in [2.24, 2.45) is 5.92 Å². The SMILES string of the molecule is CSc1ccc(S(=O)(=O)C[C@@H]2CCOCC2NC(=O)Cc2nc3c([N+](=O)[O-])cccc3[nH]2)cc1. The van der Waals surface area contributed by atoms with Gasteiger partial charge in [0.25, 0.3) is 5.69 Å². The molecule has 2 atom stereocenters. The molecule has 0 spiro atoms. The number of para-hydroxylation sites is 1. The molecule has 3 aromatic rings. The molecule has 34 heavy (non-hydrogen) atoms. The predicted molar refractivity (Wildman–Crippen MR) is 128 cm³/mol. The second-order valence-electron chi connectivity index (χ2n) is 8.05. The van der Waals surface area contributed by atoms with Gasteiger partial charge in [-0.2, -0.15) is 0 Å². The lowest BCUT2D eigenvalue weighted by molar-refractivity contribution is -0.383. The van der Waals surface area contributed by atoms with E-state index in [4.69, 9.17) is 4.74 Å². The molecule has 0 bridgehead atoms. The Balaban J connectivity index is 1.44. The third-order valence-corrected chi connectivity index (χ3v) is 8.36. The van der Waals surface area contributed by atoms with Crippen LogP contribution < -0.4 is 5.32 Å². The minimum atomic E-state index is -3.54. The van der Waals surface area contributed by atoms with E-state index in [2.05, 4.69) is 15.3 Å². The first kappa shape index (κ1) is 24.2. The molecule has 1 saturated heterocycles. The number of fused-ring (bicyclic) bond motifs is 1. The van der Waals surface area contributed by atoms with Crippen LogP contribution in [-0.2, 0) is 25.8 Å². The highest BCUT2D eigenvalue weighted by molar-refractivity contribution is 7.98. The van der Waals surface area contributed by atoms with Gasteiger partial charge in [-0.05, 0) is 48.9 Å². The number of nitrogens with one attached hydrogen (secondary N) is 2. The Morgan fingerprint density at radius 1 is 1.29 bits per heavy atom. The van der Waals surface area contributed by atoms with Crippen molar-refractivity contribution in [3.63, 3.8) is 0 Å². The second-order valence-corrected chi connectivity index (χ2v) is 11.0. The molecule has 1 aliphatic rings. The fraction of sp³-hybridized carbons (Fsp3) is 0.364. The highest BCUT2D eigenvalue weighted by Gasteiger charge is 2.32. The van der Waals surface area contributed by atoms with Crippen molar-refractivity contribution in [3.8, 4) is 0 Å². The highest BCUT2D eigenvalue weighted by Crippen LogP contribution is 2.25. The third kappa shape index (κ3) is 5.40. The third-order valence-electron chi connectivity index (χ3n) is 5.76. The minimum absolute atomic E-state index is 0.100. The molecule has 1 aliphatic heterocycles. The molecule has 0 saturated carbocycles. The summed E-state index contributed by atoms with van der Waals surface area (Å²) in [5, 5.41) is 14.1. The van der Waals surface area contributed by atoms with Crippen LogP contribution in [0, 0.1) is 16.0 Å². The minimum Gasteiger partial charge on any atom is -0.379 e. The van der Waals surface area contributed by atoms with E-state index >= 15 is 0 Å². The van der Waals surface area contributed by atoms with Crippen molar-refractivity contribution in [3.05, 3.63) is 58.4 Å². The van der Waals surface area contributed by atoms with Gasteiger partial charge in [0.15, 0.2) is 15.4 Å². The Hall–Kier alpha value is -2.96. The Bertz CT molecular complexity index is 1310. The van der Waals surface area contributed by atoms with Crippen LogP contribution in [0.15, 0.2) is 52.3 Å². The molecule has 10 nitrogen and oxygen atoms in total. The number of hydrogen-bond donors (Lipinski definition) is 2. The summed E-state index contributed by atoms with van der Waals surface area (Å²) >= 11 is 1.54. The quantitative estimate of drug-likeness (QED) is 0.271. The van der Waals surface area contributed by atoms with Crippen LogP contribution >= 0.6 is 11.8 Å². The monoisotopic (exact) mass is 504 g/mol. The molecule has 180 valence electrons. The molecule has 4 rings (SSSR count). The van der Waals surface area contributed by atoms with Crippen LogP contribution in [0.2, 0.25) is 0 Å². The Morgan fingerprint density at radius 2 is 2.06 bits per heavy atom. The summed E-state index contributed by atoms with van der Waals surface area (Å²) in [7, 11) is -3.54. The van der Waals surface area contributed by atoms with Crippen molar-refractivity contribution in [2.45, 2.75) is 28.7 Å². The van der Waals surface area contributed by atoms with Gasteiger partial charge in [-0.15, -0.1) is 11.8 Å². The van der Waals surface area contributed by atoms with E-state index in [0.717, 1.165) is 4.90 Å². The molecule has 1 fully saturated rings. The number of nitro benzene ring substituents is 1. The molecule has 2 N–H and O–H groups in total. The first-order valence-corrected chi connectivity index (χ1v) is 13.5. The van der Waals surface area contributed by atoms with Gasteiger partial charge in [0.05, 0.1) is 40.2 Å². The lowest BCUT2D eigenvalue weighted by Crippen LogP contribution is -2.49. The van der Waals surface area contributed by atoms with E-state index in [1.807, 2.05) is 6.26 Å². The Morgan fingerprint density at radius 3 is 2.76 bits per heavy atom. The largest absolute Gasteiger partial charge is 0.379 e. The van der Waals surface area contributed by atoms with Gasteiger partial charge in [-0.3, -0.25) is 14.9 Å². The van der Waals surface area contributed by atoms with Gasteiger partial charge in [-0.25, -0.2) is 13.4 Å². The number of amides is 1. The number of imidazole rings is 1. The number of thioether (sulfide) groups is 1. The summed E-state index contributed by atoms with van der Waals surface area (Å²) < 4.78 is 31.5. The maximum atomic E-state index is 13.0. The standard InChI is InChI=1S/C22H24N4O6S2/c1-33-15-5-7-16(8-6-15)34(30,31)13-14-9-10-32-12-18(14)24-21(27)11-20-23-17-3-2-4-19(26(28)29)22(17)25-20/h2-8,14,18H,9-13H2,1H3,(H,23,25)(H,24,27)/t14-,18?/m0/s1. The van der Waals surface area contributed by atoms with Crippen LogP contribution in [0.3, 0.4) is 0 Å². The van der Waals surface area contributed by atoms with Crippen molar-refractivity contribution < 1.29 is 22.9 Å². The Labute approximate surface area is 200 Å². The molecule has 2 aromatic carbocycles. The number of rotatable bonds is 8. The van der Waals surface area contributed by atoms with E-state index in [-0.39, 0.29) is 52.5 Å². The number of sulfone groups is 1. The maximum absolute atomic E-state index is 13.0. The molecular formula is C22H24N4O6S2. The number of H-pyrrole nitrogens is 1. The molecule has 1 unspecified atom stereocenters. The number of carbonyl (C=O) groups excluding carboxylic acids is 1. The van der Waals surface area contributed by atoms with Crippen molar-refractivity contribution >= 4 is 44.2 Å². The number of ether oxygens (including phenoxy) is 1. The van der Waals surface area contributed by atoms with E-state index in [1.165, 1.54) is 17.8 Å². The molecule has 12 heteroatoms. The topological polar surface area (TPSA) is 144 Å². The second kappa shape index (κ2) is 10.1. The predicted octanol–water partition coefficient (Wildman–Crippen LogP) is 2.73. The number of nitrogens with zero attached hydrogens (tertiary/aromatic N) is 2. The van der Waals surface area contributed by atoms with Crippen molar-refractivity contribution in [1.82, 2.24) is 15.3 Å². The van der Waals surface area contributed by atoms with E-state index < -0.39 is 20.8 Å². The van der Waals surface area contributed by atoms with Crippen LogP contribution in [0.4, 0.5) is 5.69 Å². The first-order chi connectivity index (χ1) is 16.3. The number of carbonyl (C=O) groups is 1. The number of nitro groups is 1. The van der Waals surface area contributed by atoms with Crippen LogP contribution in [0.1, 0.15) is 12.2 Å².